The minimum absolute atomic E-state index is 0.543. The van der Waals surface area contributed by atoms with Gasteiger partial charge < -0.3 is 10.2 Å². The Morgan fingerprint density at radius 3 is 2.28 bits per heavy atom. The Labute approximate surface area is 112 Å². The van der Waals surface area contributed by atoms with Gasteiger partial charge in [-0.05, 0) is 50.6 Å². The van der Waals surface area contributed by atoms with Crippen molar-refractivity contribution in [3.8, 4) is 0 Å². The van der Waals surface area contributed by atoms with Crippen LogP contribution in [0.15, 0.2) is 18.2 Å². The van der Waals surface area contributed by atoms with Gasteiger partial charge in [0.25, 0.3) is 0 Å². The number of nitrogens with zero attached hydrogens (tertiary/aromatic N) is 1. The lowest BCUT2D eigenvalue weighted by atomic mass is 10.0. The monoisotopic (exact) mass is 248 g/mol. The van der Waals surface area contributed by atoms with Gasteiger partial charge in [-0.25, -0.2) is 0 Å². The van der Waals surface area contributed by atoms with Gasteiger partial charge in [0, 0.05) is 19.1 Å². The van der Waals surface area contributed by atoms with Gasteiger partial charge >= 0.3 is 0 Å². The van der Waals surface area contributed by atoms with Gasteiger partial charge in [-0.15, -0.1) is 0 Å². The Morgan fingerprint density at radius 1 is 1.11 bits per heavy atom. The lowest BCUT2D eigenvalue weighted by Crippen LogP contribution is -2.41. The van der Waals surface area contributed by atoms with Crippen LogP contribution in [0.3, 0.4) is 0 Å². The van der Waals surface area contributed by atoms with Crippen LogP contribution in [0.25, 0.3) is 0 Å². The summed E-state index contributed by atoms with van der Waals surface area (Å²) in [7, 11) is 4.26. The summed E-state index contributed by atoms with van der Waals surface area (Å²) in [4.78, 5) is 2.25. The molecule has 1 N–H and O–H groups in total. The van der Waals surface area contributed by atoms with Gasteiger partial charge in [0.15, 0.2) is 0 Å². The van der Waals surface area contributed by atoms with Crippen LogP contribution < -0.4 is 5.32 Å². The molecule has 0 saturated carbocycles. The molecule has 0 saturated heterocycles. The number of hydrogen-bond acceptors (Lipinski definition) is 2. The van der Waals surface area contributed by atoms with Crippen molar-refractivity contribution in [1.29, 1.82) is 0 Å². The standard InChI is InChI=1S/C16H28N2/c1-12(2)16(11-18(5)6)17-10-15-8-7-13(3)14(4)9-15/h7-9,12,16-17H,10-11H2,1-6H3. The molecule has 102 valence electrons. The summed E-state index contributed by atoms with van der Waals surface area (Å²) in [5.41, 5.74) is 4.12. The molecular formula is C16H28N2. The molecule has 1 aromatic rings. The molecule has 0 spiro atoms. The molecule has 0 radical (unpaired) electrons. The highest BCUT2D eigenvalue weighted by Crippen LogP contribution is 2.11. The zero-order valence-electron chi connectivity index (χ0n) is 12.7. The zero-order chi connectivity index (χ0) is 13.7. The van der Waals surface area contributed by atoms with E-state index in [9.17, 15) is 0 Å². The van der Waals surface area contributed by atoms with E-state index in [4.69, 9.17) is 0 Å². The molecule has 0 aliphatic carbocycles. The first-order valence-electron chi connectivity index (χ1n) is 6.84. The van der Waals surface area contributed by atoms with Crippen LogP contribution in [-0.4, -0.2) is 31.6 Å². The Balaban J connectivity index is 2.58. The first-order chi connectivity index (χ1) is 8.40. The summed E-state index contributed by atoms with van der Waals surface area (Å²) in [5, 5.41) is 3.67. The molecule has 0 fully saturated rings. The van der Waals surface area contributed by atoms with Gasteiger partial charge in [0.1, 0.15) is 0 Å². The van der Waals surface area contributed by atoms with Crippen molar-refractivity contribution in [3.63, 3.8) is 0 Å². The summed E-state index contributed by atoms with van der Waals surface area (Å²) in [6, 6.07) is 7.27. The maximum atomic E-state index is 3.67. The molecule has 1 rings (SSSR count). The van der Waals surface area contributed by atoms with Crippen LogP contribution in [0.2, 0.25) is 0 Å². The van der Waals surface area contributed by atoms with Crippen LogP contribution in [0.4, 0.5) is 0 Å². The van der Waals surface area contributed by atoms with Crippen LogP contribution in [0, 0.1) is 19.8 Å². The lowest BCUT2D eigenvalue weighted by molar-refractivity contribution is 0.288. The maximum Gasteiger partial charge on any atom is 0.0220 e. The summed E-state index contributed by atoms with van der Waals surface area (Å²) < 4.78 is 0. The van der Waals surface area contributed by atoms with Crippen LogP contribution in [0.5, 0.6) is 0 Å². The fourth-order valence-corrected chi connectivity index (χ4v) is 2.07. The number of benzene rings is 1. The van der Waals surface area contributed by atoms with E-state index in [1.807, 2.05) is 0 Å². The van der Waals surface area contributed by atoms with Gasteiger partial charge in [-0.2, -0.15) is 0 Å². The Hall–Kier alpha value is -0.860. The van der Waals surface area contributed by atoms with Crippen molar-refractivity contribution >= 4 is 0 Å². The molecule has 18 heavy (non-hydrogen) atoms. The van der Waals surface area contributed by atoms with Crippen molar-refractivity contribution < 1.29 is 0 Å². The Kier molecular flexibility index (Phi) is 5.83. The van der Waals surface area contributed by atoms with E-state index in [1.54, 1.807) is 0 Å². The molecule has 0 amide bonds. The second-order valence-corrected chi connectivity index (χ2v) is 5.91. The minimum atomic E-state index is 0.543. The fraction of sp³-hybridized carbons (Fsp3) is 0.625. The predicted octanol–water partition coefficient (Wildman–Crippen LogP) is 2.98. The SMILES string of the molecule is Cc1ccc(CNC(CN(C)C)C(C)C)cc1C. The van der Waals surface area contributed by atoms with Crippen LogP contribution in [0.1, 0.15) is 30.5 Å². The molecular weight excluding hydrogens is 220 g/mol. The number of likely N-dealkylation sites (N-methyl/N-ethyl adjacent to an activating group) is 1. The minimum Gasteiger partial charge on any atom is -0.308 e. The van der Waals surface area contributed by atoms with Crippen molar-refractivity contribution in [3.05, 3.63) is 34.9 Å². The van der Waals surface area contributed by atoms with Crippen LogP contribution in [-0.2, 0) is 6.54 Å². The molecule has 2 heteroatoms. The molecule has 2 nitrogen and oxygen atoms in total. The van der Waals surface area contributed by atoms with E-state index in [-0.39, 0.29) is 0 Å². The van der Waals surface area contributed by atoms with E-state index >= 15 is 0 Å². The van der Waals surface area contributed by atoms with E-state index in [2.05, 4.69) is 70.2 Å². The van der Waals surface area contributed by atoms with E-state index < -0.39 is 0 Å². The average molecular weight is 248 g/mol. The zero-order valence-corrected chi connectivity index (χ0v) is 12.7. The Morgan fingerprint density at radius 2 is 1.78 bits per heavy atom. The van der Waals surface area contributed by atoms with Crippen molar-refractivity contribution in [2.45, 2.75) is 40.3 Å². The van der Waals surface area contributed by atoms with Gasteiger partial charge in [-0.1, -0.05) is 32.0 Å². The topological polar surface area (TPSA) is 15.3 Å². The second-order valence-electron chi connectivity index (χ2n) is 5.91. The first kappa shape index (κ1) is 15.2. The average Bonchev–Trinajstić information content (AvgIpc) is 2.28. The molecule has 1 atom stereocenters. The third kappa shape index (κ3) is 4.79. The molecule has 0 aromatic heterocycles. The van der Waals surface area contributed by atoms with Gasteiger partial charge in [0.2, 0.25) is 0 Å². The highest BCUT2D eigenvalue weighted by atomic mass is 15.1. The molecule has 0 bridgehead atoms. The van der Waals surface area contributed by atoms with E-state index in [0.29, 0.717) is 12.0 Å². The van der Waals surface area contributed by atoms with Gasteiger partial charge in [0.05, 0.1) is 0 Å². The number of hydrogen-bond donors (Lipinski definition) is 1. The molecule has 1 unspecified atom stereocenters. The lowest BCUT2D eigenvalue weighted by Gasteiger charge is -2.26. The van der Waals surface area contributed by atoms with E-state index in [1.165, 1.54) is 16.7 Å². The summed E-state index contributed by atoms with van der Waals surface area (Å²) in [5.74, 6) is 0.652. The predicted molar refractivity (Wildman–Crippen MR) is 79.9 cm³/mol. The highest BCUT2D eigenvalue weighted by molar-refractivity contribution is 5.29. The third-order valence-electron chi connectivity index (χ3n) is 3.51. The normalized spacial score (nSPS) is 13.3. The highest BCUT2D eigenvalue weighted by Gasteiger charge is 2.13. The molecule has 0 heterocycles. The quantitative estimate of drug-likeness (QED) is 0.832. The number of aryl methyl sites for hydroxylation is 2. The van der Waals surface area contributed by atoms with Gasteiger partial charge in [-0.3, -0.25) is 0 Å². The maximum absolute atomic E-state index is 3.67. The van der Waals surface area contributed by atoms with Crippen molar-refractivity contribution in [1.82, 2.24) is 10.2 Å². The summed E-state index contributed by atoms with van der Waals surface area (Å²) in [6.45, 7) is 10.9. The molecule has 1 aromatic carbocycles. The second kappa shape index (κ2) is 6.91. The number of rotatable bonds is 6. The van der Waals surface area contributed by atoms with Crippen molar-refractivity contribution in [2.24, 2.45) is 5.92 Å². The Bertz CT molecular complexity index is 369. The first-order valence-corrected chi connectivity index (χ1v) is 6.84. The fourth-order valence-electron chi connectivity index (χ4n) is 2.07. The van der Waals surface area contributed by atoms with Crippen LogP contribution >= 0.6 is 0 Å². The third-order valence-corrected chi connectivity index (χ3v) is 3.51. The molecule has 0 aliphatic heterocycles. The summed E-state index contributed by atoms with van der Waals surface area (Å²) in [6.07, 6.45) is 0. The van der Waals surface area contributed by atoms with E-state index in [0.717, 1.165) is 13.1 Å². The largest absolute Gasteiger partial charge is 0.308 e. The van der Waals surface area contributed by atoms with Crippen molar-refractivity contribution in [2.75, 3.05) is 20.6 Å². The smallest absolute Gasteiger partial charge is 0.0220 e. The summed E-state index contributed by atoms with van der Waals surface area (Å²) >= 11 is 0. The molecule has 0 aliphatic rings. The number of nitrogens with one attached hydrogen (secondary N) is 1.